The van der Waals surface area contributed by atoms with E-state index < -0.39 is 0 Å². The summed E-state index contributed by atoms with van der Waals surface area (Å²) in [7, 11) is 0. The van der Waals surface area contributed by atoms with Gasteiger partial charge in [0.25, 0.3) is 0 Å². The van der Waals surface area contributed by atoms with Gasteiger partial charge < -0.3 is 5.32 Å². The molecule has 1 N–H and O–H groups in total. The Morgan fingerprint density at radius 2 is 1.83 bits per heavy atom. The number of hydrogen-bond donors (Lipinski definition) is 1. The lowest BCUT2D eigenvalue weighted by molar-refractivity contribution is -0.118. The van der Waals surface area contributed by atoms with Crippen molar-refractivity contribution in [2.75, 3.05) is 0 Å². The van der Waals surface area contributed by atoms with E-state index in [1.54, 1.807) is 0 Å². The van der Waals surface area contributed by atoms with Gasteiger partial charge >= 0.3 is 0 Å². The SMILES string of the molecule is CC(C)CCC[C@@H](C)[C@H]1CC[C@H]2[C@@H]3[C@H](C)NC4=CC(=O)CC[C@]4(C)[C@H]3CC[C@]12C. The summed E-state index contributed by atoms with van der Waals surface area (Å²) in [5.74, 6) is 5.33. The molecule has 0 unspecified atom stereocenters. The van der Waals surface area contributed by atoms with Gasteiger partial charge in [0, 0.05) is 29.7 Å². The van der Waals surface area contributed by atoms with Crippen LogP contribution in [0.25, 0.3) is 0 Å². The van der Waals surface area contributed by atoms with Crippen molar-refractivity contribution in [1.29, 1.82) is 0 Å². The van der Waals surface area contributed by atoms with Crippen LogP contribution < -0.4 is 5.32 Å². The smallest absolute Gasteiger partial charge is 0.157 e. The van der Waals surface area contributed by atoms with E-state index >= 15 is 0 Å². The zero-order chi connectivity index (χ0) is 21.0. The number of hydrogen-bond acceptors (Lipinski definition) is 2. The number of ketones is 1. The standard InChI is InChI=1S/C27H45NO/c1-17(2)8-7-9-18(3)21-10-11-22-25-19(4)28-24-16-20(29)12-14-27(24,6)23(25)13-15-26(21,22)5/h16-19,21-23,25,28H,7-15H2,1-6H3/t18-,19+,21-,22+,23+,25+,26-,27-/m1/s1. The largest absolute Gasteiger partial charge is 0.385 e. The minimum Gasteiger partial charge on any atom is -0.385 e. The molecule has 2 saturated carbocycles. The maximum Gasteiger partial charge on any atom is 0.157 e. The first-order valence-electron chi connectivity index (χ1n) is 12.7. The monoisotopic (exact) mass is 399 g/mol. The predicted molar refractivity (Wildman–Crippen MR) is 121 cm³/mol. The Hall–Kier alpha value is -0.790. The third kappa shape index (κ3) is 3.51. The number of nitrogens with one attached hydrogen (secondary N) is 1. The van der Waals surface area contributed by atoms with Crippen LogP contribution in [0.4, 0.5) is 0 Å². The fourth-order valence-corrected chi connectivity index (χ4v) is 8.51. The first kappa shape index (κ1) is 21.4. The zero-order valence-corrected chi connectivity index (χ0v) is 19.9. The molecule has 0 radical (unpaired) electrons. The Labute approximate surface area is 179 Å². The van der Waals surface area contributed by atoms with Crippen LogP contribution in [-0.2, 0) is 4.79 Å². The minimum absolute atomic E-state index is 0.202. The van der Waals surface area contributed by atoms with Crippen molar-refractivity contribution >= 4 is 5.78 Å². The molecule has 0 aromatic rings. The van der Waals surface area contributed by atoms with E-state index in [1.807, 2.05) is 6.08 Å². The van der Waals surface area contributed by atoms with Gasteiger partial charge in [-0.05, 0) is 80.0 Å². The fraction of sp³-hybridized carbons (Fsp3) is 0.889. The summed E-state index contributed by atoms with van der Waals surface area (Å²) >= 11 is 0. The second-order valence-corrected chi connectivity index (χ2v) is 12.2. The molecule has 0 aromatic carbocycles. The normalized spacial score (nSPS) is 45.1. The molecule has 8 atom stereocenters. The van der Waals surface area contributed by atoms with Crippen LogP contribution in [0, 0.1) is 46.3 Å². The van der Waals surface area contributed by atoms with Gasteiger partial charge in [-0.15, -0.1) is 0 Å². The third-order valence-corrected chi connectivity index (χ3v) is 10.1. The average Bonchev–Trinajstić information content (AvgIpc) is 3.00. The number of rotatable bonds is 5. The first-order valence-corrected chi connectivity index (χ1v) is 12.7. The fourth-order valence-electron chi connectivity index (χ4n) is 8.51. The summed E-state index contributed by atoms with van der Waals surface area (Å²) in [6, 6.07) is 0.504. The molecule has 0 amide bonds. The van der Waals surface area contributed by atoms with E-state index in [0.29, 0.717) is 17.2 Å². The van der Waals surface area contributed by atoms with Crippen molar-refractivity contribution in [2.24, 2.45) is 46.3 Å². The van der Waals surface area contributed by atoms with Gasteiger partial charge in [0.15, 0.2) is 5.78 Å². The van der Waals surface area contributed by atoms with E-state index in [-0.39, 0.29) is 5.41 Å². The zero-order valence-electron chi connectivity index (χ0n) is 19.9. The van der Waals surface area contributed by atoms with E-state index in [4.69, 9.17) is 0 Å². The van der Waals surface area contributed by atoms with E-state index in [1.165, 1.54) is 50.6 Å². The molecule has 3 fully saturated rings. The lowest BCUT2D eigenvalue weighted by Crippen LogP contribution is -2.60. The van der Waals surface area contributed by atoms with Crippen molar-refractivity contribution in [2.45, 2.75) is 105 Å². The van der Waals surface area contributed by atoms with Crippen molar-refractivity contribution in [3.05, 3.63) is 11.8 Å². The summed E-state index contributed by atoms with van der Waals surface area (Å²) in [5, 5.41) is 3.85. The molecule has 3 aliphatic carbocycles. The predicted octanol–water partition coefficient (Wildman–Crippen LogP) is 6.75. The molecule has 1 aliphatic heterocycles. The summed E-state index contributed by atoms with van der Waals surface area (Å²) in [6.07, 6.45) is 13.6. The number of fused-ring (bicyclic) bond motifs is 5. The quantitative estimate of drug-likeness (QED) is 0.554. The molecule has 2 nitrogen and oxygen atoms in total. The minimum atomic E-state index is 0.202. The Balaban J connectivity index is 1.54. The van der Waals surface area contributed by atoms with Gasteiger partial charge in [-0.3, -0.25) is 4.79 Å². The van der Waals surface area contributed by atoms with Gasteiger partial charge in [-0.2, -0.15) is 0 Å². The summed E-state index contributed by atoms with van der Waals surface area (Å²) in [4.78, 5) is 12.1. The van der Waals surface area contributed by atoms with E-state index in [0.717, 1.165) is 48.3 Å². The van der Waals surface area contributed by atoms with Gasteiger partial charge in [-0.25, -0.2) is 0 Å². The number of piperidine rings is 1. The van der Waals surface area contributed by atoms with Gasteiger partial charge in [-0.1, -0.05) is 53.9 Å². The molecule has 0 aromatic heterocycles. The Morgan fingerprint density at radius 3 is 2.55 bits per heavy atom. The van der Waals surface area contributed by atoms with Crippen molar-refractivity contribution in [1.82, 2.24) is 5.32 Å². The highest BCUT2D eigenvalue weighted by molar-refractivity contribution is 5.91. The summed E-state index contributed by atoms with van der Waals surface area (Å²) in [6.45, 7) is 14.8. The third-order valence-electron chi connectivity index (χ3n) is 10.1. The highest BCUT2D eigenvalue weighted by atomic mass is 16.1. The second kappa shape index (κ2) is 7.72. The molecular formula is C27H45NO. The maximum absolute atomic E-state index is 12.1. The molecule has 0 bridgehead atoms. The van der Waals surface area contributed by atoms with Crippen LogP contribution in [0.2, 0.25) is 0 Å². The summed E-state index contributed by atoms with van der Waals surface area (Å²) in [5.41, 5.74) is 1.99. The van der Waals surface area contributed by atoms with E-state index in [2.05, 4.69) is 46.9 Å². The van der Waals surface area contributed by atoms with Gasteiger partial charge in [0.2, 0.25) is 0 Å². The van der Waals surface area contributed by atoms with Crippen LogP contribution in [0.1, 0.15) is 99.3 Å². The molecule has 0 spiro atoms. The lowest BCUT2D eigenvalue weighted by atomic mass is 9.48. The molecule has 1 saturated heterocycles. The van der Waals surface area contributed by atoms with Crippen LogP contribution in [0.5, 0.6) is 0 Å². The van der Waals surface area contributed by atoms with Gasteiger partial charge in [0.05, 0.1) is 0 Å². The number of allylic oxidation sites excluding steroid dienone is 2. The van der Waals surface area contributed by atoms with Crippen molar-refractivity contribution < 1.29 is 4.79 Å². The lowest BCUT2D eigenvalue weighted by Gasteiger charge is -2.60. The highest BCUT2D eigenvalue weighted by Crippen LogP contribution is 2.66. The number of carbonyl (C=O) groups excluding carboxylic acids is 1. The van der Waals surface area contributed by atoms with E-state index in [9.17, 15) is 4.79 Å². The molecule has 1 heterocycles. The van der Waals surface area contributed by atoms with Crippen LogP contribution in [0.3, 0.4) is 0 Å². The molecule has 164 valence electrons. The molecule has 4 rings (SSSR count). The average molecular weight is 400 g/mol. The van der Waals surface area contributed by atoms with Gasteiger partial charge in [0.1, 0.15) is 0 Å². The molecule has 2 heteroatoms. The van der Waals surface area contributed by atoms with Crippen LogP contribution >= 0.6 is 0 Å². The second-order valence-electron chi connectivity index (χ2n) is 12.2. The first-order chi connectivity index (χ1) is 13.7. The van der Waals surface area contributed by atoms with Crippen molar-refractivity contribution in [3.63, 3.8) is 0 Å². The maximum atomic E-state index is 12.1. The highest BCUT2D eigenvalue weighted by Gasteiger charge is 2.61. The number of carbonyl (C=O) groups is 1. The molecule has 29 heavy (non-hydrogen) atoms. The van der Waals surface area contributed by atoms with Crippen LogP contribution in [-0.4, -0.2) is 11.8 Å². The Kier molecular flexibility index (Phi) is 5.71. The van der Waals surface area contributed by atoms with Crippen molar-refractivity contribution in [3.8, 4) is 0 Å². The molecule has 4 aliphatic rings. The summed E-state index contributed by atoms with van der Waals surface area (Å²) < 4.78 is 0. The Bertz CT molecular complexity index is 665. The molecular weight excluding hydrogens is 354 g/mol. The Morgan fingerprint density at radius 1 is 1.07 bits per heavy atom. The topological polar surface area (TPSA) is 29.1 Å². The van der Waals surface area contributed by atoms with Crippen LogP contribution in [0.15, 0.2) is 11.8 Å².